The number of hydrogen-bond acceptors (Lipinski definition) is 3. The van der Waals surface area contributed by atoms with Crippen molar-refractivity contribution in [3.05, 3.63) is 43.4 Å². The zero-order chi connectivity index (χ0) is 18.4. The van der Waals surface area contributed by atoms with Gasteiger partial charge in [-0.25, -0.2) is 4.98 Å². The Balaban J connectivity index is 2.09. The lowest BCUT2D eigenvalue weighted by Crippen LogP contribution is -2.20. The van der Waals surface area contributed by atoms with E-state index in [0.717, 1.165) is 11.3 Å². The molecule has 2 aromatic heterocycles. The number of rotatable bonds is 3. The fourth-order valence-corrected chi connectivity index (χ4v) is 4.30. The van der Waals surface area contributed by atoms with E-state index in [2.05, 4.69) is 42.2 Å². The van der Waals surface area contributed by atoms with Crippen molar-refractivity contribution in [2.24, 2.45) is 10.9 Å². The Bertz CT molecular complexity index is 889. The largest absolute Gasteiger partial charge is 0.320 e. The summed E-state index contributed by atoms with van der Waals surface area (Å²) in [5.74, 6) is 0.301. The zero-order valence-corrected chi connectivity index (χ0v) is 17.1. The molecule has 1 aliphatic rings. The van der Waals surface area contributed by atoms with Crippen LogP contribution in [-0.4, -0.2) is 15.5 Å². The lowest BCUT2D eigenvalue weighted by atomic mass is 9.93. The highest BCUT2D eigenvalue weighted by Crippen LogP contribution is 2.33. The number of amides is 1. The van der Waals surface area contributed by atoms with Gasteiger partial charge in [0.25, 0.3) is 5.91 Å². The van der Waals surface area contributed by atoms with Crippen LogP contribution in [0.25, 0.3) is 0 Å². The van der Waals surface area contributed by atoms with Crippen LogP contribution >= 0.6 is 34.5 Å². The standard InChI is InChI=1S/C18H21Cl2N3OS/c1-10-15(18(2,3)4)25-17(23(10)9-11-5-6-11)22-16(24)12-7-14(20)21-8-13(12)19/h7-8,11H,5-6,9H2,1-4H3. The van der Waals surface area contributed by atoms with Gasteiger partial charge in [-0.2, -0.15) is 4.99 Å². The van der Waals surface area contributed by atoms with E-state index in [1.54, 1.807) is 11.3 Å². The second-order valence-electron chi connectivity index (χ2n) is 7.51. The number of nitrogens with zero attached hydrogens (tertiary/aromatic N) is 3. The van der Waals surface area contributed by atoms with Crippen molar-refractivity contribution in [1.29, 1.82) is 0 Å². The van der Waals surface area contributed by atoms with Crippen molar-refractivity contribution in [2.45, 2.75) is 52.5 Å². The van der Waals surface area contributed by atoms with E-state index >= 15 is 0 Å². The number of carbonyl (C=O) groups is 1. The van der Waals surface area contributed by atoms with Gasteiger partial charge >= 0.3 is 0 Å². The molecule has 0 atom stereocenters. The lowest BCUT2D eigenvalue weighted by molar-refractivity contribution is 0.0997. The smallest absolute Gasteiger partial charge is 0.281 e. The average molecular weight is 398 g/mol. The molecule has 1 fully saturated rings. The monoisotopic (exact) mass is 397 g/mol. The first-order valence-electron chi connectivity index (χ1n) is 8.27. The van der Waals surface area contributed by atoms with Crippen molar-refractivity contribution >= 4 is 40.4 Å². The second kappa shape index (κ2) is 6.86. The topological polar surface area (TPSA) is 47.2 Å². The maximum atomic E-state index is 12.7. The molecule has 1 aliphatic carbocycles. The SMILES string of the molecule is Cc1c(C(C)(C)C)sc(=NC(=O)c2cc(Cl)ncc2Cl)n1CC1CC1. The minimum Gasteiger partial charge on any atom is -0.320 e. The first-order valence-corrected chi connectivity index (χ1v) is 9.85. The maximum absolute atomic E-state index is 12.7. The van der Waals surface area contributed by atoms with E-state index in [9.17, 15) is 4.79 Å². The summed E-state index contributed by atoms with van der Waals surface area (Å²) >= 11 is 13.6. The van der Waals surface area contributed by atoms with Crippen LogP contribution in [0.2, 0.25) is 10.2 Å². The number of carbonyl (C=O) groups excluding carboxylic acids is 1. The molecule has 2 aromatic rings. The molecule has 0 bridgehead atoms. The van der Waals surface area contributed by atoms with Crippen molar-refractivity contribution < 1.29 is 4.79 Å². The van der Waals surface area contributed by atoms with Gasteiger partial charge in [0, 0.05) is 23.3 Å². The van der Waals surface area contributed by atoms with Crippen LogP contribution in [-0.2, 0) is 12.0 Å². The molecule has 0 unspecified atom stereocenters. The molecule has 1 amide bonds. The normalized spacial score (nSPS) is 15.7. The highest BCUT2D eigenvalue weighted by molar-refractivity contribution is 7.09. The fourth-order valence-electron chi connectivity index (χ4n) is 2.76. The zero-order valence-electron chi connectivity index (χ0n) is 14.8. The first-order chi connectivity index (χ1) is 11.7. The van der Waals surface area contributed by atoms with E-state index in [1.807, 2.05) is 0 Å². The fraction of sp³-hybridized carbons (Fsp3) is 0.500. The van der Waals surface area contributed by atoms with E-state index in [0.29, 0.717) is 5.92 Å². The molecule has 2 heterocycles. The van der Waals surface area contributed by atoms with Crippen LogP contribution in [0.4, 0.5) is 0 Å². The van der Waals surface area contributed by atoms with Gasteiger partial charge in [0.2, 0.25) is 0 Å². The molecule has 4 nitrogen and oxygen atoms in total. The Labute approximate surface area is 161 Å². The summed E-state index contributed by atoms with van der Waals surface area (Å²) in [5.41, 5.74) is 1.48. The van der Waals surface area contributed by atoms with Crippen molar-refractivity contribution in [3.63, 3.8) is 0 Å². The number of halogens is 2. The molecule has 0 N–H and O–H groups in total. The van der Waals surface area contributed by atoms with Gasteiger partial charge in [-0.1, -0.05) is 44.0 Å². The van der Waals surface area contributed by atoms with Gasteiger partial charge in [-0.15, -0.1) is 11.3 Å². The van der Waals surface area contributed by atoms with E-state index in [1.165, 1.54) is 35.7 Å². The summed E-state index contributed by atoms with van der Waals surface area (Å²) in [6.07, 6.45) is 3.86. The molecular formula is C18H21Cl2N3OS. The molecule has 3 rings (SSSR count). The van der Waals surface area contributed by atoms with E-state index < -0.39 is 0 Å². The predicted octanol–water partition coefficient (Wildman–Crippen LogP) is 5.01. The van der Waals surface area contributed by atoms with Gasteiger partial charge in [-0.3, -0.25) is 4.79 Å². The minimum atomic E-state index is -0.388. The molecule has 0 radical (unpaired) electrons. The van der Waals surface area contributed by atoms with Gasteiger partial charge < -0.3 is 4.57 Å². The predicted molar refractivity (Wildman–Crippen MR) is 103 cm³/mol. The first kappa shape index (κ1) is 18.6. The molecule has 0 aliphatic heterocycles. The number of aromatic nitrogens is 2. The quantitative estimate of drug-likeness (QED) is 0.683. The van der Waals surface area contributed by atoms with Crippen LogP contribution in [0.5, 0.6) is 0 Å². The maximum Gasteiger partial charge on any atom is 0.281 e. The van der Waals surface area contributed by atoms with Crippen LogP contribution in [0.3, 0.4) is 0 Å². The van der Waals surface area contributed by atoms with Crippen molar-refractivity contribution in [3.8, 4) is 0 Å². The molecule has 0 saturated heterocycles. The summed E-state index contributed by atoms with van der Waals surface area (Å²) in [4.78, 5) is 22.9. The van der Waals surface area contributed by atoms with E-state index in [-0.39, 0.29) is 27.1 Å². The van der Waals surface area contributed by atoms with Crippen molar-refractivity contribution in [1.82, 2.24) is 9.55 Å². The Kier molecular flexibility index (Phi) is 5.11. The van der Waals surface area contributed by atoms with Crippen LogP contribution in [0.1, 0.15) is 54.5 Å². The summed E-state index contributed by atoms with van der Waals surface area (Å²) in [6, 6.07) is 1.46. The molecule has 1 saturated carbocycles. The number of hydrogen-bond donors (Lipinski definition) is 0. The van der Waals surface area contributed by atoms with Crippen molar-refractivity contribution in [2.75, 3.05) is 0 Å². The van der Waals surface area contributed by atoms with Gasteiger partial charge in [0.05, 0.1) is 10.6 Å². The van der Waals surface area contributed by atoms with Crippen LogP contribution < -0.4 is 4.80 Å². The Morgan fingerprint density at radius 1 is 1.40 bits per heavy atom. The summed E-state index contributed by atoms with van der Waals surface area (Å²) in [7, 11) is 0. The van der Waals surface area contributed by atoms with Gasteiger partial charge in [0.15, 0.2) is 4.80 Å². The molecule has 134 valence electrons. The third-order valence-corrected chi connectivity index (χ3v) is 6.34. The Morgan fingerprint density at radius 2 is 2.08 bits per heavy atom. The van der Waals surface area contributed by atoms with Gasteiger partial charge in [-0.05, 0) is 37.2 Å². The minimum absolute atomic E-state index is 0.00842. The second-order valence-corrected chi connectivity index (χ2v) is 9.28. The average Bonchev–Trinajstić information content (AvgIpc) is 3.28. The molecule has 7 heteroatoms. The Hall–Kier alpha value is -1.17. The summed E-state index contributed by atoms with van der Waals surface area (Å²) < 4.78 is 2.18. The van der Waals surface area contributed by atoms with E-state index in [4.69, 9.17) is 23.2 Å². The highest BCUT2D eigenvalue weighted by atomic mass is 35.5. The number of thiazole rings is 1. The molecule has 25 heavy (non-hydrogen) atoms. The summed E-state index contributed by atoms with van der Waals surface area (Å²) in [5, 5.41) is 0.489. The lowest BCUT2D eigenvalue weighted by Gasteiger charge is -2.17. The molecule has 0 aromatic carbocycles. The summed E-state index contributed by atoms with van der Waals surface area (Å²) in [6.45, 7) is 9.56. The third-order valence-electron chi connectivity index (χ3n) is 4.23. The van der Waals surface area contributed by atoms with Gasteiger partial charge in [0.1, 0.15) is 5.15 Å². The third kappa shape index (κ3) is 4.15. The number of pyridine rings is 1. The highest BCUT2D eigenvalue weighted by Gasteiger charge is 2.27. The van der Waals surface area contributed by atoms with Crippen LogP contribution in [0.15, 0.2) is 17.3 Å². The molecular weight excluding hydrogens is 377 g/mol. The molecule has 0 spiro atoms. The Morgan fingerprint density at radius 3 is 2.68 bits per heavy atom. The van der Waals surface area contributed by atoms with Crippen LogP contribution in [0, 0.1) is 12.8 Å².